The van der Waals surface area contributed by atoms with E-state index < -0.39 is 0 Å². The molecule has 9 aliphatic rings. The van der Waals surface area contributed by atoms with Crippen molar-refractivity contribution in [2.24, 2.45) is 0 Å². The Morgan fingerprint density at radius 2 is 0.719 bits per heavy atom. The van der Waals surface area contributed by atoms with Crippen LogP contribution in [0.3, 0.4) is 0 Å². The number of para-hydroxylation sites is 12. The quantitative estimate of drug-likeness (QED) is 0.108. The fraction of sp³-hybridized carbons (Fsp3) is 0.252. The topological polar surface area (TPSA) is 254 Å². The summed E-state index contributed by atoms with van der Waals surface area (Å²) in [6, 6.07) is 74.4. The molecule has 6 aromatic carbocycles. The number of allylic oxidation sites excluding steroid dienone is 5. The van der Waals surface area contributed by atoms with E-state index in [1.807, 2.05) is 149 Å². The molecule has 0 unspecified atom stereocenters. The van der Waals surface area contributed by atoms with E-state index in [4.69, 9.17) is 46.5 Å². The van der Waals surface area contributed by atoms with E-state index in [1.165, 1.54) is 48.2 Å². The second kappa shape index (κ2) is 37.7. The molecule has 0 spiro atoms. The first-order valence-corrected chi connectivity index (χ1v) is 48.4. The van der Waals surface area contributed by atoms with Gasteiger partial charge in [0.05, 0.1) is 66.2 Å². The Balaban J connectivity index is 0.0000000966. The number of rotatable bonds is 10. The molecule has 696 valence electrons. The number of pyridine rings is 6. The summed E-state index contributed by atoms with van der Waals surface area (Å²) >= 11 is 6.03. The molecule has 139 heavy (non-hydrogen) atoms. The van der Waals surface area contributed by atoms with Gasteiger partial charge in [-0.3, -0.25) is 32.2 Å². The molecule has 27 rings (SSSR count). The number of Topliss-reactive ketones (excluding diaryl/α,β-unsaturated/α-hetero) is 1. The van der Waals surface area contributed by atoms with Crippen molar-refractivity contribution < 1.29 is 4.79 Å². The van der Waals surface area contributed by atoms with E-state index >= 15 is 0 Å². The van der Waals surface area contributed by atoms with Crippen molar-refractivity contribution >= 4 is 135 Å². The van der Waals surface area contributed by atoms with Crippen LogP contribution in [0.5, 0.6) is 0 Å². The van der Waals surface area contributed by atoms with E-state index in [1.54, 1.807) is 0 Å². The third-order valence-corrected chi connectivity index (χ3v) is 27.4. The lowest BCUT2D eigenvalue weighted by molar-refractivity contribution is 0.0977. The smallest absolute Gasteiger partial charge is 0.203 e. The van der Waals surface area contributed by atoms with Crippen molar-refractivity contribution in [3.8, 4) is 34.9 Å². The largest absolute Gasteiger partial charge is 0.369 e. The van der Waals surface area contributed by atoms with Crippen LogP contribution in [-0.4, -0.2) is 219 Å². The first-order valence-electron chi connectivity index (χ1n) is 48.0. The SMILES string of the molecule is C=C1Cc2ccc(Cl)nc2-n2c1nc1ccccc12.C=C1Cc2ccc(N3C[C@@H](C)N[C@@H](C)C3)nc2-n2c1nc1ccccc12.C=C1Cc2ccc(NCCN(C)C)nc2-n2c1nc1ccccc12.C=C1Cc2ccc(NCCN3CCCC3)nc2-n2c1nc1ccccc12.C=C1Cc2cccnc2-n2c1nc1ccccc12.CN1CCCN(c2ccc3c(n2)-n2c(nc4ccccc42)C(=O)C3)CC1. The number of likely N-dealkylation sites (N-methyl/N-ethyl adjacent to an activating group) is 2. The average Bonchev–Trinajstić information content (AvgIpc) is 1.64. The minimum Gasteiger partial charge on any atom is -0.369 e. The van der Waals surface area contributed by atoms with Gasteiger partial charge in [-0.15, -0.1) is 0 Å². The third kappa shape index (κ3) is 17.4. The van der Waals surface area contributed by atoms with Crippen molar-refractivity contribution in [2.75, 3.05) is 120 Å². The van der Waals surface area contributed by atoms with Crippen LogP contribution in [0.1, 0.15) is 106 Å². The van der Waals surface area contributed by atoms with E-state index in [-0.39, 0.29) is 5.78 Å². The van der Waals surface area contributed by atoms with Crippen LogP contribution >= 0.6 is 11.6 Å². The summed E-state index contributed by atoms with van der Waals surface area (Å²) in [5, 5.41) is 11.0. The van der Waals surface area contributed by atoms with Gasteiger partial charge in [-0.25, -0.2) is 59.8 Å². The first kappa shape index (κ1) is 89.0. The monoisotopic (exact) mass is 1860 g/mol. The molecule has 0 amide bonds. The molecule has 0 radical (unpaired) electrons. The van der Waals surface area contributed by atoms with Gasteiger partial charge in [0.25, 0.3) is 0 Å². The number of hydrogen-bond donors (Lipinski definition) is 3. The maximum absolute atomic E-state index is 12.6. The molecule has 9 aliphatic heterocycles. The predicted octanol–water partition coefficient (Wildman–Crippen LogP) is 18.6. The van der Waals surface area contributed by atoms with Gasteiger partial charge in [-0.1, -0.05) is 154 Å². The minimum atomic E-state index is 0.0552. The highest BCUT2D eigenvalue weighted by Gasteiger charge is 2.34. The lowest BCUT2D eigenvalue weighted by Crippen LogP contribution is -2.54. The number of carbonyl (C=O) groups excluding carboxylic acids is 1. The number of halogens is 1. The summed E-state index contributed by atoms with van der Waals surface area (Å²) < 4.78 is 12.5. The maximum Gasteiger partial charge on any atom is 0.203 e. The number of carbonyl (C=O) groups is 1. The number of benzene rings is 6. The summed E-state index contributed by atoms with van der Waals surface area (Å²) in [5.74, 6) is 14.6. The molecule has 21 heterocycles. The van der Waals surface area contributed by atoms with Crippen LogP contribution in [0, 0.1) is 0 Å². The van der Waals surface area contributed by atoms with E-state index in [2.05, 4.69) is 236 Å². The van der Waals surface area contributed by atoms with Gasteiger partial charge in [0.2, 0.25) is 5.78 Å². The Bertz CT molecular complexity index is 7920. The molecule has 28 heteroatoms. The fourth-order valence-electron chi connectivity index (χ4n) is 20.5. The molecule has 0 saturated carbocycles. The lowest BCUT2D eigenvalue weighted by Gasteiger charge is -2.37. The predicted molar refractivity (Wildman–Crippen MR) is 560 cm³/mol. The van der Waals surface area contributed by atoms with Crippen molar-refractivity contribution in [2.45, 2.75) is 83.7 Å². The second-order valence-electron chi connectivity index (χ2n) is 37.5. The zero-order chi connectivity index (χ0) is 94.8. The Morgan fingerprint density at radius 3 is 1.16 bits per heavy atom. The highest BCUT2D eigenvalue weighted by atomic mass is 35.5. The summed E-state index contributed by atoms with van der Waals surface area (Å²) in [6.45, 7) is 37.8. The highest BCUT2D eigenvalue weighted by molar-refractivity contribution is 6.29. The van der Waals surface area contributed by atoms with Crippen molar-refractivity contribution in [1.29, 1.82) is 0 Å². The molecule has 0 aliphatic carbocycles. The molecule has 18 aromatic rings. The molecule has 3 fully saturated rings. The number of nitrogens with one attached hydrogen (secondary N) is 3. The number of imidazole rings is 6. The van der Waals surface area contributed by atoms with Crippen molar-refractivity contribution in [1.82, 2.24) is 107 Å². The van der Waals surface area contributed by atoms with E-state index in [9.17, 15) is 4.79 Å². The van der Waals surface area contributed by atoms with Crippen LogP contribution in [0.2, 0.25) is 5.15 Å². The molecular weight excluding hydrogens is 1750 g/mol. The maximum atomic E-state index is 12.6. The number of ketones is 1. The molecular formula is C111H109ClN26O. The van der Waals surface area contributed by atoms with Crippen LogP contribution in [0.25, 0.3) is 129 Å². The van der Waals surface area contributed by atoms with Gasteiger partial charge in [-0.05, 0) is 217 Å². The average molecular weight is 1860 g/mol. The summed E-state index contributed by atoms with van der Waals surface area (Å²) in [6.07, 6.45) is 9.99. The Kier molecular flexibility index (Phi) is 24.1. The number of aromatic nitrogens is 18. The standard InChI is InChI=1S/2C21H23N5.C20H21N5O.C19H21N5.C15H10ClN3.C15H11N3/c1-13-10-16-8-9-19(25-11-14(2)22-15(3)12-25)24-21(16)26-18-7-5-4-6-17(18)23-20(13)26;1-15-14-16-8-9-19(22-10-13-25-11-4-5-12-25)24-21(16)26-18-7-3-2-6-17(18)23-20(15)26;1-23-9-4-10-24(12-11-23)18-8-7-14-13-17(26)20-21-15-5-2-3-6-16(15)25(20)19(14)22-18;1-13-12-14-8-9-17(20-10-11-23(2)3)22-19(14)24-16-7-5-4-6-15(16)21-18(13)24;1-9-8-10-6-7-13(16)18-15(10)19-12-5-3-2-4-11(12)17-14(9)19;1-10-9-11-5-4-8-16-15(11)18-13-7-3-2-6-12(13)17-14(10)18/h4-9,14-15,22H,1,10-12H2,2-3H3;2-3,6-9H,1,4-5,10-14H2,(H,22,24);2-3,5-8H,4,9-13H2,1H3;4-9H,1,10-12H2,2-3H3,(H,20,22);2-7H,1,8H2;2-8H,1,9H2/t14-,15+;;;;;. The molecule has 27 nitrogen and oxygen atoms in total. The second-order valence-corrected chi connectivity index (χ2v) is 37.9. The summed E-state index contributed by atoms with van der Waals surface area (Å²) in [4.78, 5) is 81.3. The Hall–Kier alpha value is -15.3. The third-order valence-electron chi connectivity index (χ3n) is 27.1. The summed E-state index contributed by atoms with van der Waals surface area (Å²) in [7, 11) is 6.30. The zero-order valence-electron chi connectivity index (χ0n) is 79.0. The van der Waals surface area contributed by atoms with Crippen LogP contribution in [0.4, 0.5) is 23.3 Å². The Labute approximate surface area is 811 Å². The number of nitrogens with zero attached hydrogens (tertiary/aromatic N) is 23. The Morgan fingerprint density at radius 1 is 0.360 bits per heavy atom. The van der Waals surface area contributed by atoms with E-state index in [0.717, 1.165) is 296 Å². The van der Waals surface area contributed by atoms with Crippen molar-refractivity contribution in [3.05, 3.63) is 331 Å². The highest BCUT2D eigenvalue weighted by Crippen LogP contribution is 2.42. The molecule has 0 bridgehead atoms. The van der Waals surface area contributed by atoms with Crippen molar-refractivity contribution in [3.63, 3.8) is 0 Å². The van der Waals surface area contributed by atoms with E-state index in [0.29, 0.717) is 29.5 Å². The molecule has 12 aromatic heterocycles. The number of fused-ring (bicyclic) bond motifs is 30. The number of hydrogen-bond acceptors (Lipinski definition) is 21. The number of piperazine rings is 1. The van der Waals surface area contributed by atoms with Crippen LogP contribution in [0.15, 0.2) is 257 Å². The normalized spacial score (nSPS) is 16.5. The molecule has 3 N–H and O–H groups in total. The van der Waals surface area contributed by atoms with Gasteiger partial charge < -0.3 is 40.4 Å². The lowest BCUT2D eigenvalue weighted by atomic mass is 10.0. The molecule has 3 saturated heterocycles. The van der Waals surface area contributed by atoms with Gasteiger partial charge in [0.1, 0.15) is 92.5 Å². The van der Waals surface area contributed by atoms with Gasteiger partial charge >= 0.3 is 0 Å². The van der Waals surface area contributed by atoms with Crippen LogP contribution in [-0.2, 0) is 38.5 Å². The zero-order valence-corrected chi connectivity index (χ0v) is 79.7. The van der Waals surface area contributed by atoms with Crippen LogP contribution < -0.4 is 25.8 Å². The number of likely N-dealkylation sites (tertiary alicyclic amines) is 1. The van der Waals surface area contributed by atoms with Gasteiger partial charge in [0, 0.05) is 144 Å². The van der Waals surface area contributed by atoms with Gasteiger partial charge in [0.15, 0.2) is 5.82 Å². The summed E-state index contributed by atoms with van der Waals surface area (Å²) in [5.41, 5.74) is 24.2. The molecule has 2 atom stereocenters. The first-order chi connectivity index (χ1) is 67.8. The minimum absolute atomic E-state index is 0.0552. The fourth-order valence-corrected chi connectivity index (χ4v) is 20.6. The van der Waals surface area contributed by atoms with Gasteiger partial charge in [-0.2, -0.15) is 0 Å². The number of anilines is 4.